The Morgan fingerprint density at radius 1 is 1.24 bits per heavy atom. The molecular formula is C17H22BrClN4O2. The van der Waals surface area contributed by atoms with E-state index in [2.05, 4.69) is 31.5 Å². The van der Waals surface area contributed by atoms with Gasteiger partial charge in [-0.1, -0.05) is 27.5 Å². The third kappa shape index (κ3) is 4.86. The SMILES string of the molecule is CC(C(=O)NC1CC1)N1CCN(C(=O)Nc2ccc(Br)cc2Cl)CC1. The van der Waals surface area contributed by atoms with Crippen LogP contribution in [0.2, 0.25) is 5.02 Å². The maximum atomic E-state index is 12.4. The number of benzene rings is 1. The quantitative estimate of drug-likeness (QED) is 0.773. The lowest BCUT2D eigenvalue weighted by molar-refractivity contribution is -0.126. The number of halogens is 2. The summed E-state index contributed by atoms with van der Waals surface area (Å²) in [5.74, 6) is 0.0852. The molecule has 3 amide bonds. The Labute approximate surface area is 161 Å². The van der Waals surface area contributed by atoms with Crippen molar-refractivity contribution in [3.63, 3.8) is 0 Å². The summed E-state index contributed by atoms with van der Waals surface area (Å²) >= 11 is 9.49. The second-order valence-electron chi connectivity index (χ2n) is 6.54. The summed E-state index contributed by atoms with van der Waals surface area (Å²) in [6, 6.07) is 5.39. The predicted molar refractivity (Wildman–Crippen MR) is 102 cm³/mol. The van der Waals surface area contributed by atoms with E-state index in [0.29, 0.717) is 42.9 Å². The van der Waals surface area contributed by atoms with Crippen molar-refractivity contribution in [3.05, 3.63) is 27.7 Å². The maximum absolute atomic E-state index is 12.4. The Morgan fingerprint density at radius 2 is 1.92 bits per heavy atom. The van der Waals surface area contributed by atoms with E-state index in [1.54, 1.807) is 17.0 Å². The summed E-state index contributed by atoms with van der Waals surface area (Å²) in [6.07, 6.45) is 2.18. The van der Waals surface area contributed by atoms with Crippen molar-refractivity contribution < 1.29 is 9.59 Å². The van der Waals surface area contributed by atoms with Crippen molar-refractivity contribution in [1.29, 1.82) is 0 Å². The second kappa shape index (κ2) is 7.93. The van der Waals surface area contributed by atoms with Gasteiger partial charge in [-0.05, 0) is 38.0 Å². The van der Waals surface area contributed by atoms with E-state index in [1.807, 2.05) is 13.0 Å². The number of piperazine rings is 1. The molecule has 25 heavy (non-hydrogen) atoms. The van der Waals surface area contributed by atoms with Gasteiger partial charge >= 0.3 is 6.03 Å². The zero-order valence-electron chi connectivity index (χ0n) is 14.1. The average Bonchev–Trinajstić information content (AvgIpc) is 3.40. The van der Waals surface area contributed by atoms with E-state index in [-0.39, 0.29) is 18.0 Å². The molecule has 3 rings (SSSR count). The number of carbonyl (C=O) groups is 2. The lowest BCUT2D eigenvalue weighted by Gasteiger charge is -2.37. The van der Waals surface area contributed by atoms with E-state index in [0.717, 1.165) is 17.3 Å². The molecule has 1 saturated carbocycles. The van der Waals surface area contributed by atoms with Crippen LogP contribution in [-0.2, 0) is 4.79 Å². The highest BCUT2D eigenvalue weighted by Gasteiger charge is 2.30. The zero-order valence-corrected chi connectivity index (χ0v) is 16.4. The molecule has 1 aliphatic heterocycles. The fraction of sp³-hybridized carbons (Fsp3) is 0.529. The van der Waals surface area contributed by atoms with Gasteiger partial charge in [-0.25, -0.2) is 4.79 Å². The predicted octanol–water partition coefficient (Wildman–Crippen LogP) is 2.92. The van der Waals surface area contributed by atoms with E-state index in [4.69, 9.17) is 11.6 Å². The molecule has 8 heteroatoms. The van der Waals surface area contributed by atoms with Crippen molar-refractivity contribution in [3.8, 4) is 0 Å². The Bertz CT molecular complexity index is 660. The molecule has 1 aromatic rings. The number of amides is 3. The van der Waals surface area contributed by atoms with Crippen LogP contribution in [0.25, 0.3) is 0 Å². The molecule has 0 aromatic heterocycles. The minimum atomic E-state index is -0.168. The molecule has 6 nitrogen and oxygen atoms in total. The first-order valence-electron chi connectivity index (χ1n) is 8.49. The van der Waals surface area contributed by atoms with E-state index in [1.165, 1.54) is 0 Å². The first kappa shape index (κ1) is 18.5. The Balaban J connectivity index is 1.49. The minimum absolute atomic E-state index is 0.0852. The first-order chi connectivity index (χ1) is 11.9. The number of hydrogen-bond donors (Lipinski definition) is 2. The lowest BCUT2D eigenvalue weighted by Crippen LogP contribution is -2.55. The maximum Gasteiger partial charge on any atom is 0.321 e. The van der Waals surface area contributed by atoms with Crippen LogP contribution in [0.4, 0.5) is 10.5 Å². The standard InChI is InChI=1S/C17H22BrClN4O2/c1-11(16(24)20-13-3-4-13)22-6-8-23(9-7-22)17(25)21-15-5-2-12(18)10-14(15)19/h2,5,10-11,13H,3-4,6-9H2,1H3,(H,20,24)(H,21,25). The number of carbonyl (C=O) groups excluding carboxylic acids is 2. The molecule has 2 N–H and O–H groups in total. The van der Waals surface area contributed by atoms with Crippen LogP contribution in [0.15, 0.2) is 22.7 Å². The van der Waals surface area contributed by atoms with Gasteiger partial charge in [-0.2, -0.15) is 0 Å². The number of nitrogens with one attached hydrogen (secondary N) is 2. The molecule has 2 aliphatic rings. The monoisotopic (exact) mass is 428 g/mol. The Kier molecular flexibility index (Phi) is 5.86. The first-order valence-corrected chi connectivity index (χ1v) is 9.66. The number of urea groups is 1. The molecule has 1 aromatic carbocycles. The van der Waals surface area contributed by atoms with Crippen LogP contribution in [-0.4, -0.2) is 60.0 Å². The average molecular weight is 430 g/mol. The van der Waals surface area contributed by atoms with Crippen LogP contribution in [0, 0.1) is 0 Å². The smallest absolute Gasteiger partial charge is 0.321 e. The molecule has 1 aliphatic carbocycles. The fourth-order valence-corrected chi connectivity index (χ4v) is 3.53. The van der Waals surface area contributed by atoms with Crippen molar-refractivity contribution in [1.82, 2.24) is 15.1 Å². The van der Waals surface area contributed by atoms with Crippen LogP contribution < -0.4 is 10.6 Å². The van der Waals surface area contributed by atoms with Gasteiger partial charge in [0.05, 0.1) is 16.8 Å². The molecule has 1 unspecified atom stereocenters. The summed E-state index contributed by atoms with van der Waals surface area (Å²) < 4.78 is 0.863. The molecule has 136 valence electrons. The van der Waals surface area contributed by atoms with Crippen molar-refractivity contribution in [2.75, 3.05) is 31.5 Å². The van der Waals surface area contributed by atoms with Gasteiger partial charge in [0, 0.05) is 36.7 Å². The molecule has 1 saturated heterocycles. The molecular weight excluding hydrogens is 408 g/mol. The molecule has 2 fully saturated rings. The topological polar surface area (TPSA) is 64.7 Å². The normalized spacial score (nSPS) is 19.4. The molecule has 0 radical (unpaired) electrons. The summed E-state index contributed by atoms with van der Waals surface area (Å²) in [5, 5.41) is 6.37. The minimum Gasteiger partial charge on any atom is -0.352 e. The molecule has 1 atom stereocenters. The molecule has 1 heterocycles. The summed E-state index contributed by atoms with van der Waals surface area (Å²) in [7, 11) is 0. The molecule has 0 bridgehead atoms. The van der Waals surface area contributed by atoms with Crippen molar-refractivity contribution >= 4 is 45.2 Å². The summed E-state index contributed by atoms with van der Waals surface area (Å²) in [6.45, 7) is 4.46. The van der Waals surface area contributed by atoms with Gasteiger partial charge in [0.2, 0.25) is 5.91 Å². The van der Waals surface area contributed by atoms with Crippen molar-refractivity contribution in [2.45, 2.75) is 31.8 Å². The Hall–Kier alpha value is -1.31. The van der Waals surface area contributed by atoms with Gasteiger partial charge in [-0.15, -0.1) is 0 Å². The molecule has 0 spiro atoms. The van der Waals surface area contributed by atoms with Crippen molar-refractivity contribution in [2.24, 2.45) is 0 Å². The van der Waals surface area contributed by atoms with Gasteiger partial charge in [-0.3, -0.25) is 9.69 Å². The van der Waals surface area contributed by atoms with Gasteiger partial charge in [0.25, 0.3) is 0 Å². The highest BCUT2D eigenvalue weighted by Crippen LogP contribution is 2.26. The van der Waals surface area contributed by atoms with Crippen LogP contribution in [0.3, 0.4) is 0 Å². The fourth-order valence-electron chi connectivity index (χ4n) is 2.81. The number of hydrogen-bond acceptors (Lipinski definition) is 3. The largest absolute Gasteiger partial charge is 0.352 e. The highest BCUT2D eigenvalue weighted by atomic mass is 79.9. The third-order valence-electron chi connectivity index (χ3n) is 4.63. The highest BCUT2D eigenvalue weighted by molar-refractivity contribution is 9.10. The lowest BCUT2D eigenvalue weighted by atomic mass is 10.2. The number of nitrogens with zero attached hydrogens (tertiary/aromatic N) is 2. The number of anilines is 1. The summed E-state index contributed by atoms with van der Waals surface area (Å²) in [4.78, 5) is 28.4. The van der Waals surface area contributed by atoms with E-state index >= 15 is 0 Å². The van der Waals surface area contributed by atoms with Gasteiger partial charge < -0.3 is 15.5 Å². The number of rotatable bonds is 4. The zero-order chi connectivity index (χ0) is 18.0. The van der Waals surface area contributed by atoms with Crippen LogP contribution in [0.5, 0.6) is 0 Å². The van der Waals surface area contributed by atoms with E-state index < -0.39 is 0 Å². The van der Waals surface area contributed by atoms with Crippen LogP contribution in [0.1, 0.15) is 19.8 Å². The second-order valence-corrected chi connectivity index (χ2v) is 7.86. The third-order valence-corrected chi connectivity index (χ3v) is 5.43. The van der Waals surface area contributed by atoms with Crippen LogP contribution >= 0.6 is 27.5 Å². The van der Waals surface area contributed by atoms with Gasteiger partial charge in [0.1, 0.15) is 0 Å². The Morgan fingerprint density at radius 3 is 2.52 bits per heavy atom. The summed E-state index contributed by atoms with van der Waals surface area (Å²) in [5.41, 5.74) is 0.592. The van der Waals surface area contributed by atoms with Gasteiger partial charge in [0.15, 0.2) is 0 Å². The van der Waals surface area contributed by atoms with E-state index in [9.17, 15) is 9.59 Å².